The van der Waals surface area contributed by atoms with Crippen molar-refractivity contribution < 1.29 is 9.18 Å². The molecule has 5 heteroatoms. The van der Waals surface area contributed by atoms with Gasteiger partial charge in [0.1, 0.15) is 11.6 Å². The monoisotopic (exact) mass is 353 g/mol. The topological polar surface area (TPSA) is 54.0 Å². The molecule has 26 heavy (non-hydrogen) atoms. The predicted molar refractivity (Wildman–Crippen MR) is 101 cm³/mol. The number of hydrogen-bond acceptors (Lipinski definition) is 3. The first-order chi connectivity index (χ1) is 12.7. The Balaban J connectivity index is 1.52. The molecule has 1 aliphatic rings. The third kappa shape index (κ3) is 5.15. The van der Waals surface area contributed by atoms with Crippen molar-refractivity contribution in [3.63, 3.8) is 0 Å². The molecule has 0 fully saturated rings. The van der Waals surface area contributed by atoms with Gasteiger partial charge in [-0.3, -0.25) is 4.79 Å². The van der Waals surface area contributed by atoms with Crippen LogP contribution in [0.1, 0.15) is 48.0 Å². The van der Waals surface area contributed by atoms with E-state index in [1.54, 1.807) is 36.5 Å². The lowest BCUT2D eigenvalue weighted by Gasteiger charge is -2.13. The molecule has 2 N–H and O–H groups in total. The zero-order valence-corrected chi connectivity index (χ0v) is 14.8. The summed E-state index contributed by atoms with van der Waals surface area (Å²) in [5.41, 5.74) is 2.48. The van der Waals surface area contributed by atoms with Gasteiger partial charge in [0.25, 0.3) is 5.91 Å². The zero-order chi connectivity index (χ0) is 18.2. The molecule has 0 spiro atoms. The Morgan fingerprint density at radius 3 is 2.88 bits per heavy atom. The van der Waals surface area contributed by atoms with Gasteiger partial charge in [0.15, 0.2) is 0 Å². The quantitative estimate of drug-likeness (QED) is 0.723. The SMILES string of the molecule is O=C(NCc1ccccc1F)c1ccnc(NCCC2=CCCCC2)c1. The van der Waals surface area contributed by atoms with Crippen LogP contribution in [0, 0.1) is 5.82 Å². The molecule has 4 nitrogen and oxygen atoms in total. The Labute approximate surface area is 153 Å². The molecular weight excluding hydrogens is 329 g/mol. The molecule has 0 atom stereocenters. The molecule has 0 aliphatic heterocycles. The fourth-order valence-electron chi connectivity index (χ4n) is 3.07. The molecule has 1 aromatic carbocycles. The largest absolute Gasteiger partial charge is 0.370 e. The minimum Gasteiger partial charge on any atom is -0.370 e. The van der Waals surface area contributed by atoms with Crippen LogP contribution in [0.15, 0.2) is 54.2 Å². The van der Waals surface area contributed by atoms with E-state index in [2.05, 4.69) is 21.7 Å². The van der Waals surface area contributed by atoms with Crippen LogP contribution in [0.25, 0.3) is 0 Å². The number of carbonyl (C=O) groups excluding carboxylic acids is 1. The van der Waals surface area contributed by atoms with E-state index >= 15 is 0 Å². The molecule has 0 bridgehead atoms. The number of nitrogens with one attached hydrogen (secondary N) is 2. The maximum absolute atomic E-state index is 13.6. The fourth-order valence-corrected chi connectivity index (χ4v) is 3.07. The molecule has 1 heterocycles. The van der Waals surface area contributed by atoms with Gasteiger partial charge in [-0.2, -0.15) is 0 Å². The van der Waals surface area contributed by atoms with E-state index in [0.29, 0.717) is 16.9 Å². The predicted octanol–water partition coefficient (Wildman–Crippen LogP) is 4.45. The molecule has 1 aromatic heterocycles. The number of halogens is 1. The van der Waals surface area contributed by atoms with Crippen LogP contribution in [0.3, 0.4) is 0 Å². The lowest BCUT2D eigenvalue weighted by molar-refractivity contribution is 0.0950. The summed E-state index contributed by atoms with van der Waals surface area (Å²) in [6.45, 7) is 0.962. The van der Waals surface area contributed by atoms with Gasteiger partial charge >= 0.3 is 0 Å². The van der Waals surface area contributed by atoms with E-state index in [9.17, 15) is 9.18 Å². The molecule has 0 saturated heterocycles. The molecule has 136 valence electrons. The highest BCUT2D eigenvalue weighted by Gasteiger charge is 2.09. The number of pyridine rings is 1. The molecule has 3 rings (SSSR count). The smallest absolute Gasteiger partial charge is 0.251 e. The summed E-state index contributed by atoms with van der Waals surface area (Å²) in [5, 5.41) is 6.03. The average Bonchev–Trinajstić information content (AvgIpc) is 2.68. The Hall–Kier alpha value is -2.69. The van der Waals surface area contributed by atoms with Crippen LogP contribution in [0.4, 0.5) is 10.2 Å². The summed E-state index contributed by atoms with van der Waals surface area (Å²) in [6.07, 6.45) is 9.90. The Morgan fingerprint density at radius 2 is 2.08 bits per heavy atom. The van der Waals surface area contributed by atoms with E-state index in [1.807, 2.05) is 0 Å². The normalized spacial score (nSPS) is 13.8. The molecule has 1 aliphatic carbocycles. The highest BCUT2D eigenvalue weighted by molar-refractivity contribution is 5.94. The maximum Gasteiger partial charge on any atom is 0.251 e. The van der Waals surface area contributed by atoms with E-state index in [-0.39, 0.29) is 18.3 Å². The third-order valence-corrected chi connectivity index (χ3v) is 4.56. The van der Waals surface area contributed by atoms with Crippen molar-refractivity contribution in [1.82, 2.24) is 10.3 Å². The Morgan fingerprint density at radius 1 is 1.19 bits per heavy atom. The molecule has 0 saturated carbocycles. The molecule has 2 aromatic rings. The molecule has 1 amide bonds. The second-order valence-corrected chi connectivity index (χ2v) is 6.49. The molecule has 0 radical (unpaired) electrons. The summed E-state index contributed by atoms with van der Waals surface area (Å²) in [4.78, 5) is 16.6. The number of nitrogens with zero attached hydrogens (tertiary/aromatic N) is 1. The van der Waals surface area contributed by atoms with Crippen LogP contribution < -0.4 is 10.6 Å². The van der Waals surface area contributed by atoms with Crippen LogP contribution in [-0.4, -0.2) is 17.4 Å². The van der Waals surface area contributed by atoms with Crippen molar-refractivity contribution in [2.24, 2.45) is 0 Å². The van der Waals surface area contributed by atoms with Crippen molar-refractivity contribution in [2.75, 3.05) is 11.9 Å². The minimum atomic E-state index is -0.318. The van der Waals surface area contributed by atoms with Gasteiger partial charge in [0.05, 0.1) is 0 Å². The van der Waals surface area contributed by atoms with Crippen LogP contribution >= 0.6 is 0 Å². The van der Waals surface area contributed by atoms with E-state index in [0.717, 1.165) is 13.0 Å². The lowest BCUT2D eigenvalue weighted by atomic mass is 9.97. The average molecular weight is 353 g/mol. The van der Waals surface area contributed by atoms with Gasteiger partial charge in [-0.05, 0) is 50.3 Å². The summed E-state index contributed by atoms with van der Waals surface area (Å²) in [7, 11) is 0. The first-order valence-electron chi connectivity index (χ1n) is 9.12. The highest BCUT2D eigenvalue weighted by Crippen LogP contribution is 2.20. The van der Waals surface area contributed by atoms with Gasteiger partial charge in [0.2, 0.25) is 0 Å². The summed E-state index contributed by atoms with van der Waals surface area (Å²) < 4.78 is 13.6. The second kappa shape index (κ2) is 9.13. The van der Waals surface area contributed by atoms with Crippen LogP contribution in [-0.2, 0) is 6.54 Å². The number of carbonyl (C=O) groups is 1. The van der Waals surface area contributed by atoms with Crippen molar-refractivity contribution in [3.8, 4) is 0 Å². The number of aromatic nitrogens is 1. The number of hydrogen-bond donors (Lipinski definition) is 2. The number of anilines is 1. The van der Waals surface area contributed by atoms with Gasteiger partial charge in [0, 0.05) is 30.4 Å². The van der Waals surface area contributed by atoms with Gasteiger partial charge in [-0.1, -0.05) is 29.8 Å². The highest BCUT2D eigenvalue weighted by atomic mass is 19.1. The van der Waals surface area contributed by atoms with E-state index in [1.165, 1.54) is 37.3 Å². The van der Waals surface area contributed by atoms with Gasteiger partial charge in [-0.15, -0.1) is 0 Å². The summed E-state index contributed by atoms with van der Waals surface area (Å²) in [5.74, 6) is 0.121. The molecular formula is C21H24FN3O. The van der Waals surface area contributed by atoms with Crippen LogP contribution in [0.5, 0.6) is 0 Å². The zero-order valence-electron chi connectivity index (χ0n) is 14.8. The van der Waals surface area contributed by atoms with Crippen molar-refractivity contribution >= 4 is 11.7 Å². The van der Waals surface area contributed by atoms with E-state index < -0.39 is 0 Å². The third-order valence-electron chi connectivity index (χ3n) is 4.56. The first-order valence-corrected chi connectivity index (χ1v) is 9.12. The van der Waals surface area contributed by atoms with Crippen molar-refractivity contribution in [3.05, 3.63) is 71.2 Å². The Kier molecular flexibility index (Phi) is 6.36. The number of benzene rings is 1. The maximum atomic E-state index is 13.6. The minimum absolute atomic E-state index is 0.157. The van der Waals surface area contributed by atoms with Gasteiger partial charge < -0.3 is 10.6 Å². The first kappa shape index (κ1) is 18.1. The Bertz CT molecular complexity index is 788. The lowest BCUT2D eigenvalue weighted by Crippen LogP contribution is -2.23. The number of amides is 1. The standard InChI is InChI=1S/C21H24FN3O/c22-19-9-5-4-8-18(19)15-25-21(26)17-11-13-24-20(14-17)23-12-10-16-6-2-1-3-7-16/h4-6,8-9,11,13-14H,1-3,7,10,12,15H2,(H,23,24)(H,25,26). The van der Waals surface area contributed by atoms with E-state index in [4.69, 9.17) is 0 Å². The molecule has 0 unspecified atom stereocenters. The summed E-state index contributed by atoms with van der Waals surface area (Å²) in [6, 6.07) is 9.82. The van der Waals surface area contributed by atoms with Crippen molar-refractivity contribution in [1.29, 1.82) is 0 Å². The second-order valence-electron chi connectivity index (χ2n) is 6.49. The number of allylic oxidation sites excluding steroid dienone is 1. The number of rotatable bonds is 7. The summed E-state index contributed by atoms with van der Waals surface area (Å²) >= 11 is 0. The fraction of sp³-hybridized carbons (Fsp3) is 0.333. The van der Waals surface area contributed by atoms with Crippen molar-refractivity contribution in [2.45, 2.75) is 38.6 Å². The van der Waals surface area contributed by atoms with Crippen LogP contribution in [0.2, 0.25) is 0 Å². The van der Waals surface area contributed by atoms with Gasteiger partial charge in [-0.25, -0.2) is 9.37 Å².